The average molecular weight is 390 g/mol. The third kappa shape index (κ3) is 1.81. The number of fused-ring (bicyclic) bond motifs is 2. The van der Waals surface area contributed by atoms with Gasteiger partial charge in [-0.1, -0.05) is 20.4 Å². The van der Waals surface area contributed by atoms with E-state index in [1.807, 2.05) is 0 Å². The van der Waals surface area contributed by atoms with Gasteiger partial charge in [0, 0.05) is 24.3 Å². The Balaban J connectivity index is 1.73. The molecular formula is C22H30O6. The van der Waals surface area contributed by atoms with Crippen LogP contribution >= 0.6 is 0 Å². The molecule has 0 aromatic carbocycles. The maximum Gasteiger partial charge on any atom is 0.302 e. The minimum atomic E-state index is -1.61. The summed E-state index contributed by atoms with van der Waals surface area (Å²) in [5.41, 5.74) is -2.86. The number of ether oxygens (including phenoxy) is 2. The van der Waals surface area contributed by atoms with Crippen LogP contribution in [0.2, 0.25) is 0 Å². The number of aliphatic hydroxyl groups is 2. The maximum absolute atomic E-state index is 13.5. The average Bonchev–Trinajstić information content (AvgIpc) is 2.76. The molecule has 6 heteroatoms. The van der Waals surface area contributed by atoms with Gasteiger partial charge in [0.1, 0.15) is 6.10 Å². The summed E-state index contributed by atoms with van der Waals surface area (Å²) in [5.74, 6) is -2.33. The molecule has 6 fully saturated rings. The van der Waals surface area contributed by atoms with Gasteiger partial charge in [-0.05, 0) is 49.4 Å². The molecule has 7 unspecified atom stereocenters. The van der Waals surface area contributed by atoms with Crippen LogP contribution in [0.4, 0.5) is 0 Å². The van der Waals surface area contributed by atoms with Crippen LogP contribution in [0.3, 0.4) is 0 Å². The van der Waals surface area contributed by atoms with E-state index in [-0.39, 0.29) is 53.7 Å². The Morgan fingerprint density at radius 3 is 2.61 bits per heavy atom. The number of rotatable bonds is 1. The van der Waals surface area contributed by atoms with Gasteiger partial charge in [0.25, 0.3) is 0 Å². The Morgan fingerprint density at radius 1 is 1.21 bits per heavy atom. The van der Waals surface area contributed by atoms with Gasteiger partial charge in [-0.2, -0.15) is 0 Å². The molecule has 28 heavy (non-hydrogen) atoms. The summed E-state index contributed by atoms with van der Waals surface area (Å²) < 4.78 is 11.9. The lowest BCUT2D eigenvalue weighted by atomic mass is 9.36. The molecule has 2 spiro atoms. The maximum atomic E-state index is 13.5. The molecular weight excluding hydrogens is 360 g/mol. The second kappa shape index (κ2) is 5.08. The van der Waals surface area contributed by atoms with Gasteiger partial charge in [-0.15, -0.1) is 0 Å². The van der Waals surface area contributed by atoms with Crippen molar-refractivity contribution in [2.24, 2.45) is 28.1 Å². The Morgan fingerprint density at radius 2 is 1.93 bits per heavy atom. The highest BCUT2D eigenvalue weighted by Crippen LogP contribution is 2.77. The molecule has 154 valence electrons. The van der Waals surface area contributed by atoms with E-state index in [4.69, 9.17) is 9.47 Å². The number of ketones is 1. The van der Waals surface area contributed by atoms with Crippen LogP contribution in [-0.4, -0.2) is 46.1 Å². The van der Waals surface area contributed by atoms with Crippen molar-refractivity contribution in [3.05, 3.63) is 12.2 Å². The number of hydrogen-bond acceptors (Lipinski definition) is 6. The largest absolute Gasteiger partial charge is 0.462 e. The fraction of sp³-hybridized carbons (Fsp3) is 0.818. The highest BCUT2D eigenvalue weighted by molar-refractivity contribution is 6.05. The summed E-state index contributed by atoms with van der Waals surface area (Å²) in [5, 5.41) is 22.8. The Bertz CT molecular complexity index is 803. The quantitative estimate of drug-likeness (QED) is 0.526. The minimum absolute atomic E-state index is 0.0670. The fourth-order valence-corrected chi connectivity index (χ4v) is 7.98. The van der Waals surface area contributed by atoms with Crippen molar-refractivity contribution in [2.75, 3.05) is 6.61 Å². The highest BCUT2D eigenvalue weighted by Gasteiger charge is 2.83. The molecule has 2 N–H and O–H groups in total. The third-order valence-electron chi connectivity index (χ3n) is 9.19. The smallest absolute Gasteiger partial charge is 0.302 e. The van der Waals surface area contributed by atoms with Gasteiger partial charge in [-0.25, -0.2) is 0 Å². The summed E-state index contributed by atoms with van der Waals surface area (Å²) in [6.07, 6.45) is 2.78. The zero-order valence-corrected chi connectivity index (χ0v) is 16.9. The van der Waals surface area contributed by atoms with E-state index in [9.17, 15) is 19.8 Å². The lowest BCUT2D eigenvalue weighted by molar-refractivity contribution is -0.417. The van der Waals surface area contributed by atoms with E-state index >= 15 is 0 Å². The minimum Gasteiger partial charge on any atom is -0.462 e. The summed E-state index contributed by atoms with van der Waals surface area (Å²) in [4.78, 5) is 25.4. The first-order chi connectivity index (χ1) is 12.9. The lowest BCUT2D eigenvalue weighted by Crippen LogP contribution is -2.78. The zero-order chi connectivity index (χ0) is 20.3. The summed E-state index contributed by atoms with van der Waals surface area (Å²) in [6.45, 7) is 10.0. The molecule has 6 rings (SSSR count). The van der Waals surface area contributed by atoms with Crippen LogP contribution in [0, 0.1) is 28.1 Å². The normalized spacial score (nSPS) is 53.5. The predicted octanol–water partition coefficient (Wildman–Crippen LogP) is 2.12. The second-order valence-electron chi connectivity index (χ2n) is 10.6. The molecule has 0 aromatic rings. The number of carbonyl (C=O) groups is 2. The predicted molar refractivity (Wildman–Crippen MR) is 98.9 cm³/mol. The van der Waals surface area contributed by atoms with Crippen LogP contribution in [-0.2, 0) is 19.1 Å². The summed E-state index contributed by atoms with van der Waals surface area (Å²) in [7, 11) is 0. The molecule has 2 heterocycles. The van der Waals surface area contributed by atoms with Crippen molar-refractivity contribution in [2.45, 2.75) is 76.8 Å². The molecule has 6 aliphatic rings. The topological polar surface area (TPSA) is 93.1 Å². The van der Waals surface area contributed by atoms with Gasteiger partial charge < -0.3 is 19.7 Å². The molecule has 6 nitrogen and oxygen atoms in total. The van der Waals surface area contributed by atoms with E-state index in [0.29, 0.717) is 19.3 Å². The van der Waals surface area contributed by atoms with Crippen LogP contribution in [0.1, 0.15) is 59.3 Å². The van der Waals surface area contributed by atoms with Crippen molar-refractivity contribution in [3.63, 3.8) is 0 Å². The van der Waals surface area contributed by atoms with Crippen molar-refractivity contribution < 1.29 is 29.3 Å². The number of Topliss-reactive ketones (excluding diaryl/α,β-unsaturated/α-hetero) is 1. The Kier molecular flexibility index (Phi) is 3.40. The molecule has 7 atom stereocenters. The lowest BCUT2D eigenvalue weighted by Gasteiger charge is -2.73. The fourth-order valence-electron chi connectivity index (χ4n) is 7.98. The van der Waals surface area contributed by atoms with Gasteiger partial charge in [0.05, 0.1) is 17.6 Å². The number of esters is 1. The van der Waals surface area contributed by atoms with E-state index in [0.717, 1.165) is 12.8 Å². The van der Waals surface area contributed by atoms with Crippen molar-refractivity contribution in [1.82, 2.24) is 0 Å². The van der Waals surface area contributed by atoms with Crippen LogP contribution in [0.15, 0.2) is 12.2 Å². The van der Waals surface area contributed by atoms with Crippen LogP contribution < -0.4 is 0 Å². The summed E-state index contributed by atoms with van der Waals surface area (Å²) >= 11 is 0. The molecule has 0 amide bonds. The second-order valence-corrected chi connectivity index (χ2v) is 10.6. The Hall–Kier alpha value is -1.24. The first-order valence-electron chi connectivity index (χ1n) is 10.4. The van der Waals surface area contributed by atoms with Crippen molar-refractivity contribution in [3.8, 4) is 0 Å². The molecule has 4 saturated carbocycles. The molecule has 4 aliphatic carbocycles. The van der Waals surface area contributed by atoms with E-state index < -0.39 is 22.2 Å². The van der Waals surface area contributed by atoms with Crippen molar-refractivity contribution >= 4 is 11.8 Å². The van der Waals surface area contributed by atoms with Crippen molar-refractivity contribution in [1.29, 1.82) is 0 Å². The summed E-state index contributed by atoms with van der Waals surface area (Å²) in [6, 6.07) is 0. The molecule has 0 radical (unpaired) electrons. The van der Waals surface area contributed by atoms with Gasteiger partial charge >= 0.3 is 5.97 Å². The van der Waals surface area contributed by atoms with Gasteiger partial charge in [0.15, 0.2) is 11.6 Å². The number of hydrogen-bond donors (Lipinski definition) is 2. The highest BCUT2D eigenvalue weighted by atomic mass is 16.6. The first-order valence-corrected chi connectivity index (χ1v) is 10.4. The van der Waals surface area contributed by atoms with Crippen LogP contribution in [0.5, 0.6) is 0 Å². The number of carbonyl (C=O) groups excluding carboxylic acids is 2. The van der Waals surface area contributed by atoms with Gasteiger partial charge in [0.2, 0.25) is 0 Å². The Labute approximate surface area is 165 Å². The van der Waals surface area contributed by atoms with Crippen LogP contribution in [0.25, 0.3) is 0 Å². The molecule has 2 saturated heterocycles. The first kappa shape index (κ1) is 18.8. The zero-order valence-electron chi connectivity index (χ0n) is 16.9. The van der Waals surface area contributed by atoms with Gasteiger partial charge in [-0.3, -0.25) is 9.59 Å². The standard InChI is InChI=1S/C22H30O6/c1-12-17(24)21-10-19(12,25)8-5-14(21)20-11-27-22(21,26)9-15(20)18(3,4)7-6-16(20)28-13(2)23/h14-16,25-26H,1,5-11H2,2-4H3. The van der Waals surface area contributed by atoms with E-state index in [2.05, 4.69) is 20.4 Å². The molecule has 2 aliphatic heterocycles. The molecule has 4 bridgehead atoms. The molecule has 0 aromatic heterocycles. The van der Waals surface area contributed by atoms with E-state index in [1.165, 1.54) is 6.92 Å². The monoisotopic (exact) mass is 390 g/mol. The SMILES string of the molecule is C=C1C(=O)C23CC1(O)CCC2C12COC3(O)CC1C(C)(C)CCC2OC(C)=O. The van der Waals surface area contributed by atoms with E-state index in [1.54, 1.807) is 0 Å². The third-order valence-corrected chi connectivity index (χ3v) is 9.19.